The molecule has 0 amide bonds. The maximum atomic E-state index is 5.54. The molecule has 5 heteroatoms. The molecule has 1 heterocycles. The van der Waals surface area contributed by atoms with Crippen LogP contribution in [0.2, 0.25) is 0 Å². The first-order chi connectivity index (χ1) is 11.1. The number of likely N-dealkylation sites (N-methyl/N-ethyl adjacent to an activating group) is 1. The third kappa shape index (κ3) is 5.14. The van der Waals surface area contributed by atoms with Crippen LogP contribution in [0.5, 0.6) is 0 Å². The van der Waals surface area contributed by atoms with E-state index in [1.54, 1.807) is 6.26 Å². The lowest BCUT2D eigenvalue weighted by Crippen LogP contribution is -2.41. The minimum Gasteiger partial charge on any atom is -0.468 e. The van der Waals surface area contributed by atoms with Crippen LogP contribution in [-0.2, 0) is 6.54 Å². The Labute approximate surface area is 138 Å². The van der Waals surface area contributed by atoms with Crippen molar-refractivity contribution >= 4 is 5.96 Å². The van der Waals surface area contributed by atoms with Gasteiger partial charge in [0.1, 0.15) is 5.76 Å². The molecule has 23 heavy (non-hydrogen) atoms. The monoisotopic (exact) mass is 314 g/mol. The van der Waals surface area contributed by atoms with E-state index in [1.165, 1.54) is 5.56 Å². The van der Waals surface area contributed by atoms with Gasteiger partial charge in [-0.25, -0.2) is 4.99 Å². The quantitative estimate of drug-likeness (QED) is 0.657. The first kappa shape index (κ1) is 17.1. The molecule has 2 rings (SSSR count). The van der Waals surface area contributed by atoms with E-state index in [-0.39, 0.29) is 6.04 Å². The van der Waals surface area contributed by atoms with Crippen LogP contribution in [-0.4, -0.2) is 50.5 Å². The lowest BCUT2D eigenvalue weighted by atomic mass is 10.2. The first-order valence-corrected chi connectivity index (χ1v) is 7.77. The van der Waals surface area contributed by atoms with Gasteiger partial charge in [0.15, 0.2) is 5.96 Å². The van der Waals surface area contributed by atoms with Crippen LogP contribution < -0.4 is 5.32 Å². The van der Waals surface area contributed by atoms with Crippen molar-refractivity contribution in [3.05, 3.63) is 60.1 Å². The molecule has 1 atom stereocenters. The number of hydrogen-bond acceptors (Lipinski definition) is 3. The second kappa shape index (κ2) is 8.39. The van der Waals surface area contributed by atoms with Gasteiger partial charge in [-0.1, -0.05) is 30.3 Å². The van der Waals surface area contributed by atoms with Gasteiger partial charge in [0.25, 0.3) is 0 Å². The smallest absolute Gasteiger partial charge is 0.193 e. The summed E-state index contributed by atoms with van der Waals surface area (Å²) in [4.78, 5) is 8.82. The highest BCUT2D eigenvalue weighted by Gasteiger charge is 2.17. The molecule has 5 nitrogen and oxygen atoms in total. The molecule has 0 aliphatic heterocycles. The van der Waals surface area contributed by atoms with Crippen LogP contribution in [0.25, 0.3) is 0 Å². The zero-order valence-electron chi connectivity index (χ0n) is 14.4. The summed E-state index contributed by atoms with van der Waals surface area (Å²) >= 11 is 0. The Hall–Kier alpha value is -2.27. The Balaban J connectivity index is 2.01. The maximum absolute atomic E-state index is 5.54. The van der Waals surface area contributed by atoms with Gasteiger partial charge in [-0.3, -0.25) is 4.90 Å². The normalized spacial score (nSPS) is 13.2. The zero-order valence-corrected chi connectivity index (χ0v) is 14.4. The summed E-state index contributed by atoms with van der Waals surface area (Å²) < 4.78 is 5.54. The molecule has 0 fully saturated rings. The van der Waals surface area contributed by atoms with Crippen molar-refractivity contribution < 1.29 is 4.42 Å². The molecule has 1 unspecified atom stereocenters. The van der Waals surface area contributed by atoms with Crippen LogP contribution in [0.3, 0.4) is 0 Å². The summed E-state index contributed by atoms with van der Waals surface area (Å²) in [5, 5.41) is 3.43. The number of furan rings is 1. The minimum absolute atomic E-state index is 0.159. The van der Waals surface area contributed by atoms with Gasteiger partial charge in [0, 0.05) is 20.6 Å². The molecular weight excluding hydrogens is 288 g/mol. The van der Waals surface area contributed by atoms with Gasteiger partial charge in [0.05, 0.1) is 18.8 Å². The van der Waals surface area contributed by atoms with Crippen LogP contribution >= 0.6 is 0 Å². The Morgan fingerprint density at radius 2 is 1.83 bits per heavy atom. The number of rotatable bonds is 6. The molecule has 0 saturated heterocycles. The van der Waals surface area contributed by atoms with Crippen molar-refractivity contribution in [3.8, 4) is 0 Å². The summed E-state index contributed by atoms with van der Waals surface area (Å²) in [6.45, 7) is 1.39. The molecule has 1 N–H and O–H groups in total. The molecule has 0 radical (unpaired) electrons. The van der Waals surface area contributed by atoms with Crippen molar-refractivity contribution in [2.24, 2.45) is 4.99 Å². The van der Waals surface area contributed by atoms with Gasteiger partial charge in [-0.15, -0.1) is 0 Å². The number of hydrogen-bond donors (Lipinski definition) is 1. The highest BCUT2D eigenvalue weighted by molar-refractivity contribution is 5.79. The SMILES string of the molecule is CN(C)C(=NCc1ccccc1)NCC(c1ccco1)N(C)C. The third-order valence-corrected chi connectivity index (χ3v) is 3.63. The highest BCUT2D eigenvalue weighted by Crippen LogP contribution is 2.17. The Morgan fingerprint density at radius 3 is 2.39 bits per heavy atom. The van der Waals surface area contributed by atoms with Crippen LogP contribution in [0.15, 0.2) is 58.1 Å². The zero-order chi connectivity index (χ0) is 16.7. The van der Waals surface area contributed by atoms with E-state index in [1.807, 2.05) is 63.4 Å². The summed E-state index contributed by atoms with van der Waals surface area (Å²) in [5.41, 5.74) is 1.20. The average Bonchev–Trinajstić information content (AvgIpc) is 3.05. The Bertz CT molecular complexity index is 591. The molecule has 1 aromatic carbocycles. The highest BCUT2D eigenvalue weighted by atomic mass is 16.3. The van der Waals surface area contributed by atoms with E-state index in [2.05, 4.69) is 27.3 Å². The van der Waals surface area contributed by atoms with E-state index < -0.39 is 0 Å². The van der Waals surface area contributed by atoms with Crippen molar-refractivity contribution in [1.82, 2.24) is 15.1 Å². The fraction of sp³-hybridized carbons (Fsp3) is 0.389. The van der Waals surface area contributed by atoms with E-state index in [4.69, 9.17) is 4.42 Å². The molecule has 124 valence electrons. The molecule has 0 spiro atoms. The van der Waals surface area contributed by atoms with Crippen LogP contribution in [0.1, 0.15) is 17.4 Å². The average molecular weight is 314 g/mol. The second-order valence-electron chi connectivity index (χ2n) is 5.90. The fourth-order valence-corrected chi connectivity index (χ4v) is 2.31. The van der Waals surface area contributed by atoms with Gasteiger partial charge < -0.3 is 14.6 Å². The molecular formula is C18H26N4O. The number of nitrogens with one attached hydrogen (secondary N) is 1. The van der Waals surface area contributed by atoms with Crippen molar-refractivity contribution in [3.63, 3.8) is 0 Å². The molecule has 0 aliphatic rings. The van der Waals surface area contributed by atoms with Gasteiger partial charge >= 0.3 is 0 Å². The molecule has 0 aliphatic carbocycles. The van der Waals surface area contributed by atoms with E-state index in [9.17, 15) is 0 Å². The van der Waals surface area contributed by atoms with E-state index in [0.717, 1.165) is 18.3 Å². The summed E-state index contributed by atoms with van der Waals surface area (Å²) in [6, 6.07) is 14.3. The Kier molecular flexibility index (Phi) is 6.23. The Morgan fingerprint density at radius 1 is 1.09 bits per heavy atom. The molecule has 0 saturated carbocycles. The third-order valence-electron chi connectivity index (χ3n) is 3.63. The largest absolute Gasteiger partial charge is 0.468 e. The molecule has 2 aromatic rings. The van der Waals surface area contributed by atoms with Crippen LogP contribution in [0.4, 0.5) is 0 Å². The first-order valence-electron chi connectivity index (χ1n) is 7.77. The summed E-state index contributed by atoms with van der Waals surface area (Å²) in [6.07, 6.45) is 1.71. The van der Waals surface area contributed by atoms with Gasteiger partial charge in [0.2, 0.25) is 0 Å². The van der Waals surface area contributed by atoms with Crippen molar-refractivity contribution in [2.75, 3.05) is 34.7 Å². The number of aliphatic imine (C=N–C) groups is 1. The summed E-state index contributed by atoms with van der Waals surface area (Å²) in [7, 11) is 8.08. The minimum atomic E-state index is 0.159. The predicted octanol–water partition coefficient (Wildman–Crippen LogP) is 2.59. The predicted molar refractivity (Wildman–Crippen MR) is 94.4 cm³/mol. The molecule has 0 bridgehead atoms. The van der Waals surface area contributed by atoms with Crippen molar-refractivity contribution in [1.29, 1.82) is 0 Å². The molecule has 1 aromatic heterocycles. The van der Waals surface area contributed by atoms with Gasteiger partial charge in [-0.05, 0) is 31.8 Å². The fourth-order valence-electron chi connectivity index (χ4n) is 2.31. The maximum Gasteiger partial charge on any atom is 0.193 e. The van der Waals surface area contributed by atoms with Gasteiger partial charge in [-0.2, -0.15) is 0 Å². The van der Waals surface area contributed by atoms with Crippen LogP contribution in [0, 0.1) is 0 Å². The standard InChI is InChI=1S/C18H26N4O/c1-21(2)16(17-11-8-12-23-17)14-20-18(22(3)4)19-13-15-9-6-5-7-10-15/h5-12,16H,13-14H2,1-4H3,(H,19,20). The van der Waals surface area contributed by atoms with E-state index >= 15 is 0 Å². The number of nitrogens with zero attached hydrogens (tertiary/aromatic N) is 3. The lowest BCUT2D eigenvalue weighted by Gasteiger charge is -2.25. The van der Waals surface area contributed by atoms with Crippen molar-refractivity contribution in [2.45, 2.75) is 12.6 Å². The number of benzene rings is 1. The van der Waals surface area contributed by atoms with E-state index in [0.29, 0.717) is 6.54 Å². The topological polar surface area (TPSA) is 44.0 Å². The second-order valence-corrected chi connectivity index (χ2v) is 5.90. The number of guanidine groups is 1. The lowest BCUT2D eigenvalue weighted by molar-refractivity contribution is 0.257. The summed E-state index contributed by atoms with van der Waals surface area (Å²) in [5.74, 6) is 1.82.